The Morgan fingerprint density at radius 1 is 1.71 bits per heavy atom. The van der Waals surface area contributed by atoms with Crippen molar-refractivity contribution < 1.29 is 24.0 Å². The van der Waals surface area contributed by atoms with Gasteiger partial charge >= 0.3 is 24.0 Å². The van der Waals surface area contributed by atoms with E-state index < -0.39 is 0 Å². The Kier molecular flexibility index (Phi) is 35.2. The summed E-state index contributed by atoms with van der Waals surface area (Å²) in [5.41, 5.74) is 4.71. The van der Waals surface area contributed by atoms with Gasteiger partial charge < -0.3 is 5.73 Å². The molecule has 0 aromatic rings. The molecule has 0 fully saturated rings. The van der Waals surface area contributed by atoms with E-state index in [2.05, 4.69) is 24.8 Å². The van der Waals surface area contributed by atoms with E-state index in [-0.39, 0.29) is 17.8 Å². The Bertz CT molecular complexity index is 37.9. The second-order valence-corrected chi connectivity index (χ2v) is 1.56. The standard InChI is InChI=1S/CH3NS2.Mo.H2O.H2S/c2-1(3)4;;;/h(H3,2,3,4);;2*1H2/q;+1;;/p-1. The molecule has 7 heavy (non-hydrogen) atoms. The minimum absolute atomic E-state index is 0. The van der Waals surface area contributed by atoms with Crippen LogP contribution < -0.4 is 5.73 Å². The number of nitrogens with two attached hydrogens (primary N) is 1. The van der Waals surface area contributed by atoms with Crippen LogP contribution in [0.4, 0.5) is 0 Å². The maximum atomic E-state index is 7.01. The number of hydrogen-bond acceptors (Lipinski definition) is 2. The maximum absolute atomic E-state index is 7.01. The number of hydrogen-bond donors (Lipinski definition) is 3. The van der Waals surface area contributed by atoms with Gasteiger partial charge in [0.2, 0.25) is 0 Å². The Labute approximate surface area is 72.1 Å². The summed E-state index contributed by atoms with van der Waals surface area (Å²) in [7, 11) is 0. The molecule has 0 aromatic heterocycles. The predicted octanol–water partition coefficient (Wildman–Crippen LogP) is -0.287. The van der Waals surface area contributed by atoms with Gasteiger partial charge in [0, 0.05) is 0 Å². The first-order valence-electron chi connectivity index (χ1n) is 0.899. The molecule has 0 aliphatic heterocycles. The molecule has 45 valence electrons. The number of thiol groups is 1. The monoisotopic (exact) mass is 242 g/mol. The van der Waals surface area contributed by atoms with Gasteiger partial charge in [0.1, 0.15) is 4.32 Å². The Balaban J connectivity index is -0.0000000480. The predicted molar refractivity (Wildman–Crippen MR) is 38.4 cm³/mol. The SMILES string of the molecule is NC(=S)S.S.[OH][Mo]. The summed E-state index contributed by atoms with van der Waals surface area (Å²) >= 11 is 8.60. The fourth-order valence-corrected chi connectivity index (χ4v) is 0. The van der Waals surface area contributed by atoms with Gasteiger partial charge in [-0.25, -0.2) is 0 Å². The average molecular weight is 240 g/mol. The summed E-state index contributed by atoms with van der Waals surface area (Å²) in [4.78, 5) is 0. The van der Waals surface area contributed by atoms with Gasteiger partial charge in [-0.05, 0) is 0 Å². The van der Waals surface area contributed by atoms with Crippen molar-refractivity contribution in [3.05, 3.63) is 0 Å². The van der Waals surface area contributed by atoms with E-state index in [1.54, 1.807) is 0 Å². The van der Waals surface area contributed by atoms with Gasteiger partial charge in [0.05, 0.1) is 0 Å². The molecule has 0 amide bonds. The average Bonchev–Trinajstić information content (AvgIpc) is 1.41. The molecule has 0 unspecified atom stereocenters. The Morgan fingerprint density at radius 2 is 1.71 bits per heavy atom. The molecule has 0 saturated carbocycles. The van der Waals surface area contributed by atoms with Gasteiger partial charge in [0.15, 0.2) is 0 Å². The summed E-state index contributed by atoms with van der Waals surface area (Å²) in [6.45, 7) is 0. The zero-order valence-corrected chi connectivity index (χ0v) is 8.01. The molecule has 0 radical (unpaired) electrons. The van der Waals surface area contributed by atoms with E-state index in [0.717, 1.165) is 20.2 Å². The minimum atomic E-state index is 0. The van der Waals surface area contributed by atoms with Crippen molar-refractivity contribution in [3.63, 3.8) is 0 Å². The van der Waals surface area contributed by atoms with Crippen LogP contribution in [0.1, 0.15) is 0 Å². The number of rotatable bonds is 0. The first-order chi connectivity index (χ1) is 2.73. The van der Waals surface area contributed by atoms with Crippen molar-refractivity contribution in [2.75, 3.05) is 0 Å². The van der Waals surface area contributed by atoms with Crippen molar-refractivity contribution in [1.82, 2.24) is 0 Å². The van der Waals surface area contributed by atoms with Crippen LogP contribution in [0.25, 0.3) is 0 Å². The fraction of sp³-hybridized carbons (Fsp3) is 0. The second kappa shape index (κ2) is 15.7. The van der Waals surface area contributed by atoms with Gasteiger partial charge in [-0.3, -0.25) is 0 Å². The van der Waals surface area contributed by atoms with Crippen LogP contribution in [0.2, 0.25) is 0 Å². The van der Waals surface area contributed by atoms with E-state index in [9.17, 15) is 0 Å². The summed E-state index contributed by atoms with van der Waals surface area (Å²) in [5.74, 6) is 0. The van der Waals surface area contributed by atoms with Crippen molar-refractivity contribution >= 4 is 42.7 Å². The van der Waals surface area contributed by atoms with E-state index in [0.29, 0.717) is 0 Å². The van der Waals surface area contributed by atoms with Crippen molar-refractivity contribution in [2.45, 2.75) is 0 Å². The van der Waals surface area contributed by atoms with E-state index in [1.807, 2.05) is 0 Å². The molecule has 2 nitrogen and oxygen atoms in total. The van der Waals surface area contributed by atoms with Crippen molar-refractivity contribution in [3.8, 4) is 0 Å². The normalized spacial score (nSPS) is 4.29. The van der Waals surface area contributed by atoms with Crippen molar-refractivity contribution in [1.29, 1.82) is 0 Å². The van der Waals surface area contributed by atoms with Crippen LogP contribution in [-0.4, -0.2) is 8.08 Å². The van der Waals surface area contributed by atoms with E-state index in [1.165, 1.54) is 0 Å². The Hall–Kier alpha value is 1.24. The molecule has 0 atom stereocenters. The number of thiocarbonyl (C=S) groups is 1. The van der Waals surface area contributed by atoms with Crippen LogP contribution in [0.5, 0.6) is 0 Å². The van der Waals surface area contributed by atoms with E-state index in [4.69, 9.17) is 9.49 Å². The molecule has 0 aromatic carbocycles. The first kappa shape index (κ1) is 15.7. The third-order valence-electron chi connectivity index (χ3n) is 0. The van der Waals surface area contributed by atoms with Crippen LogP contribution in [0.3, 0.4) is 0 Å². The summed E-state index contributed by atoms with van der Waals surface area (Å²) < 4.78 is 7.20. The molecule has 6 heteroatoms. The third kappa shape index (κ3) is 130. The zero-order valence-electron chi connectivity index (χ0n) is 3.29. The molecule has 0 bridgehead atoms. The molecule has 0 rings (SSSR count). The van der Waals surface area contributed by atoms with Gasteiger partial charge in [-0.2, -0.15) is 13.5 Å². The third-order valence-corrected chi connectivity index (χ3v) is 0. The molecule has 0 aliphatic rings. The van der Waals surface area contributed by atoms with Crippen molar-refractivity contribution in [2.24, 2.45) is 5.73 Å². The summed E-state index contributed by atoms with van der Waals surface area (Å²) in [6, 6.07) is 0. The molecular weight excluding hydrogens is 234 g/mol. The fourth-order valence-electron chi connectivity index (χ4n) is 0. The quantitative estimate of drug-likeness (QED) is 0.310. The van der Waals surface area contributed by atoms with Gasteiger partial charge in [0.25, 0.3) is 0 Å². The topological polar surface area (TPSA) is 46.2 Å². The van der Waals surface area contributed by atoms with Gasteiger partial charge in [-0.1, -0.05) is 12.2 Å². The molecule has 0 spiro atoms. The first-order valence-corrected chi connectivity index (χ1v) is 2.65. The summed E-state index contributed by atoms with van der Waals surface area (Å²) in [6.07, 6.45) is 0. The van der Waals surface area contributed by atoms with Crippen LogP contribution >= 0.6 is 38.3 Å². The van der Waals surface area contributed by atoms with Gasteiger partial charge in [-0.15, -0.1) is 12.6 Å². The summed E-state index contributed by atoms with van der Waals surface area (Å²) in [5, 5.41) is 0. The second-order valence-electron chi connectivity index (χ2n) is 0.338. The Morgan fingerprint density at radius 3 is 1.71 bits per heavy atom. The van der Waals surface area contributed by atoms with Crippen LogP contribution in [0, 0.1) is 0 Å². The molecule has 0 aliphatic carbocycles. The zero-order chi connectivity index (χ0) is 5.58. The van der Waals surface area contributed by atoms with E-state index >= 15 is 0 Å². The van der Waals surface area contributed by atoms with Crippen LogP contribution in [0.15, 0.2) is 0 Å². The molecular formula is CH6MoNOS3. The van der Waals surface area contributed by atoms with Crippen LogP contribution in [-0.2, 0) is 20.2 Å². The molecule has 0 heterocycles. The molecule has 0 saturated heterocycles. The molecule has 3 N–H and O–H groups in total.